The van der Waals surface area contributed by atoms with Crippen LogP contribution < -0.4 is 0 Å². The van der Waals surface area contributed by atoms with Crippen molar-refractivity contribution < 1.29 is 19.3 Å². The van der Waals surface area contributed by atoms with Crippen molar-refractivity contribution in [3.05, 3.63) is 0 Å². The first kappa shape index (κ1) is 17.3. The first-order valence-electron chi connectivity index (χ1n) is 6.18. The molecule has 0 rings (SSSR count). The van der Waals surface area contributed by atoms with Gasteiger partial charge in [-0.15, -0.1) is 0 Å². The van der Waals surface area contributed by atoms with Crippen LogP contribution >= 0.6 is 0 Å². The second kappa shape index (κ2) is 10.3. The summed E-state index contributed by atoms with van der Waals surface area (Å²) in [6.45, 7) is 2.58. The first-order chi connectivity index (χ1) is 7.95. The second-order valence-electron chi connectivity index (χ2n) is 4.10. The van der Waals surface area contributed by atoms with Crippen molar-refractivity contribution in [3.63, 3.8) is 0 Å². The van der Waals surface area contributed by atoms with Crippen LogP contribution in [0.5, 0.6) is 0 Å². The van der Waals surface area contributed by atoms with E-state index in [1.807, 2.05) is 0 Å². The van der Waals surface area contributed by atoms with E-state index in [0.29, 0.717) is 6.61 Å². The third-order valence-corrected chi connectivity index (χ3v) is 6.03. The van der Waals surface area contributed by atoms with Crippen molar-refractivity contribution in [1.82, 2.24) is 0 Å². The molecule has 102 valence electrons. The Balaban J connectivity index is 3.29. The van der Waals surface area contributed by atoms with E-state index in [1.165, 1.54) is 12.8 Å². The van der Waals surface area contributed by atoms with Gasteiger partial charge in [0.25, 0.3) is 0 Å². The molecule has 0 spiro atoms. The minimum absolute atomic E-state index is 0.0579. The minimum atomic E-state index is -4.14. The van der Waals surface area contributed by atoms with E-state index in [2.05, 4.69) is 6.92 Å². The van der Waals surface area contributed by atoms with Crippen molar-refractivity contribution in [2.24, 2.45) is 0 Å². The fourth-order valence-electron chi connectivity index (χ4n) is 1.40. The zero-order valence-corrected chi connectivity index (χ0v) is 13.2. The summed E-state index contributed by atoms with van der Waals surface area (Å²) < 4.78 is 52.0. The molecule has 0 radical (unpaired) electrons. The number of alkyl halides is 3. The van der Waals surface area contributed by atoms with Gasteiger partial charge >= 0.3 is 109 Å². The molecule has 17 heavy (non-hydrogen) atoms. The molecule has 0 aliphatic rings. The van der Waals surface area contributed by atoms with Gasteiger partial charge in [0, 0.05) is 0 Å². The van der Waals surface area contributed by atoms with Gasteiger partial charge < -0.3 is 0 Å². The molecule has 0 atom stereocenters. The molecule has 0 aliphatic heterocycles. The standard InChI is InChI=1S/C7H15O.C4H6F3.O.Sn/c1-2-3-4-5-6-7-8;1-2-3-4(5,6)7;;/h2-7H2,1H3;1-3H2;;/q-1;;;+1. The Bertz CT molecular complexity index is 207. The molecule has 0 heterocycles. The number of hydrogen-bond acceptors (Lipinski definition) is 2. The summed E-state index contributed by atoms with van der Waals surface area (Å²) in [5, 5.41) is 0. The Morgan fingerprint density at radius 1 is 1.06 bits per heavy atom. The summed E-state index contributed by atoms with van der Waals surface area (Å²) in [5.74, 6) is 0. The number of unbranched alkanes of at least 4 members (excludes halogenated alkanes) is 4. The van der Waals surface area contributed by atoms with Gasteiger partial charge in [-0.1, -0.05) is 0 Å². The molecule has 0 aromatic heterocycles. The van der Waals surface area contributed by atoms with Gasteiger partial charge in [0.15, 0.2) is 0 Å². The summed E-state index contributed by atoms with van der Waals surface area (Å²) in [6, 6.07) is 0. The Hall–Kier alpha value is 0.349. The van der Waals surface area contributed by atoms with Gasteiger partial charge in [0.1, 0.15) is 0 Å². The van der Waals surface area contributed by atoms with E-state index in [9.17, 15) is 16.2 Å². The summed E-state index contributed by atoms with van der Waals surface area (Å²) in [6.07, 6.45) is 0.375. The van der Waals surface area contributed by atoms with Crippen LogP contribution in [0, 0.1) is 0 Å². The van der Waals surface area contributed by atoms with Crippen LogP contribution in [0.25, 0.3) is 0 Å². The Morgan fingerprint density at radius 3 is 2.29 bits per heavy atom. The van der Waals surface area contributed by atoms with Gasteiger partial charge in [0.05, 0.1) is 0 Å². The molecule has 0 saturated carbocycles. The quantitative estimate of drug-likeness (QED) is 0.430. The molecular formula is C11H21F3O2Sn. The van der Waals surface area contributed by atoms with Gasteiger partial charge in [0.2, 0.25) is 0 Å². The third kappa shape index (κ3) is 14.3. The number of halogens is 3. The molecule has 2 nitrogen and oxygen atoms in total. The van der Waals surface area contributed by atoms with E-state index in [1.54, 1.807) is 0 Å². The van der Waals surface area contributed by atoms with Gasteiger partial charge in [-0.25, -0.2) is 0 Å². The Morgan fingerprint density at radius 2 is 1.71 bits per heavy atom. The Labute approximate surface area is 109 Å². The predicted octanol–water partition coefficient (Wildman–Crippen LogP) is 4.23. The van der Waals surface area contributed by atoms with Crippen molar-refractivity contribution in [3.8, 4) is 0 Å². The summed E-state index contributed by atoms with van der Waals surface area (Å²) in [7, 11) is 0. The van der Waals surface area contributed by atoms with Crippen molar-refractivity contribution in [2.45, 2.75) is 62.5 Å². The molecule has 0 unspecified atom stereocenters. The second-order valence-corrected chi connectivity index (χ2v) is 8.48. The van der Waals surface area contributed by atoms with Gasteiger partial charge in [-0.2, -0.15) is 0 Å². The van der Waals surface area contributed by atoms with Crippen LogP contribution in [-0.4, -0.2) is 32.9 Å². The maximum absolute atomic E-state index is 11.8. The molecule has 0 aliphatic carbocycles. The van der Waals surface area contributed by atoms with Crippen LogP contribution in [0.2, 0.25) is 4.44 Å². The van der Waals surface area contributed by atoms with Crippen molar-refractivity contribution >= 4 is 20.2 Å². The summed E-state index contributed by atoms with van der Waals surface area (Å²) in [4.78, 5) is 0. The molecule has 0 amide bonds. The molecule has 0 bridgehead atoms. The van der Waals surface area contributed by atoms with E-state index < -0.39 is 32.8 Å². The van der Waals surface area contributed by atoms with E-state index in [-0.39, 0.29) is 10.9 Å². The van der Waals surface area contributed by atoms with Crippen LogP contribution in [-0.2, 0) is 6.15 Å². The average Bonchev–Trinajstić information content (AvgIpc) is 2.21. The van der Waals surface area contributed by atoms with Crippen LogP contribution in [0.15, 0.2) is 0 Å². The van der Waals surface area contributed by atoms with Crippen LogP contribution in [0.1, 0.15) is 51.9 Å². The average molecular weight is 361 g/mol. The fraction of sp³-hybridized carbons (Fsp3) is 1.00. The topological polar surface area (TPSA) is 26.3 Å². The summed E-state index contributed by atoms with van der Waals surface area (Å²) in [5.41, 5.74) is 0. The SMILES string of the molecule is CCCCCCC[O][Sn](=[O])[CH2]CCC(F)(F)F. The third-order valence-electron chi connectivity index (χ3n) is 2.35. The van der Waals surface area contributed by atoms with Gasteiger partial charge in [-0.3, -0.25) is 0 Å². The molecule has 0 saturated heterocycles. The Kier molecular flexibility index (Phi) is 10.5. The van der Waals surface area contributed by atoms with E-state index >= 15 is 0 Å². The molecule has 0 fully saturated rings. The van der Waals surface area contributed by atoms with Crippen molar-refractivity contribution in [1.29, 1.82) is 0 Å². The van der Waals surface area contributed by atoms with Crippen LogP contribution in [0.4, 0.5) is 13.2 Å². The molecule has 6 heteroatoms. The monoisotopic (exact) mass is 362 g/mol. The van der Waals surface area contributed by atoms with E-state index in [0.717, 1.165) is 19.3 Å². The van der Waals surface area contributed by atoms with Crippen molar-refractivity contribution in [2.75, 3.05) is 6.61 Å². The molecule has 0 aromatic rings. The number of rotatable bonds is 10. The predicted molar refractivity (Wildman–Crippen MR) is 61.2 cm³/mol. The number of hydrogen-bond donors (Lipinski definition) is 0. The first-order valence-corrected chi connectivity index (χ1v) is 10.5. The normalized spacial score (nSPS) is 11.8. The summed E-state index contributed by atoms with van der Waals surface area (Å²) >= 11 is -3.14. The molecular weight excluding hydrogens is 340 g/mol. The van der Waals surface area contributed by atoms with E-state index in [4.69, 9.17) is 3.07 Å². The molecule has 0 N–H and O–H groups in total. The molecule has 0 aromatic carbocycles. The van der Waals surface area contributed by atoms with Crippen LogP contribution in [0.3, 0.4) is 0 Å². The fourth-order valence-corrected chi connectivity index (χ4v) is 4.20. The zero-order chi connectivity index (χ0) is 13.1. The maximum atomic E-state index is 11.8. The van der Waals surface area contributed by atoms with Gasteiger partial charge in [-0.05, 0) is 0 Å². The zero-order valence-electron chi connectivity index (χ0n) is 10.3.